The van der Waals surface area contributed by atoms with E-state index in [0.717, 1.165) is 31.5 Å². The van der Waals surface area contributed by atoms with Crippen molar-refractivity contribution in [1.29, 1.82) is 0 Å². The number of hydrazine groups is 1. The molecular weight excluding hydrogens is 260 g/mol. The monoisotopic (exact) mass is 280 g/mol. The predicted octanol–water partition coefficient (Wildman–Crippen LogP) is 1.08. The summed E-state index contributed by atoms with van der Waals surface area (Å²) in [7, 11) is 0. The number of aliphatic hydroxyl groups excluding tert-OH is 1. The molecule has 7 nitrogen and oxygen atoms in total. The molecule has 1 aromatic carbocycles. The van der Waals surface area contributed by atoms with Gasteiger partial charge in [-0.3, -0.25) is 20.9 Å². The molecule has 2 rings (SSSR count). The lowest BCUT2D eigenvalue weighted by atomic mass is 9.97. The highest BCUT2D eigenvalue weighted by molar-refractivity contribution is 5.65. The lowest BCUT2D eigenvalue weighted by Crippen LogP contribution is -2.34. The SMILES string of the molecule is NNc1c(CN2CCC(CO)CC2)cccc1[N+](=O)[O-]. The molecule has 0 radical (unpaired) electrons. The van der Waals surface area contributed by atoms with E-state index in [-0.39, 0.29) is 12.3 Å². The summed E-state index contributed by atoms with van der Waals surface area (Å²) in [5.74, 6) is 5.81. The van der Waals surface area contributed by atoms with Crippen LogP contribution in [0.3, 0.4) is 0 Å². The number of nitrogens with zero attached hydrogens (tertiary/aromatic N) is 2. The van der Waals surface area contributed by atoms with Crippen LogP contribution in [0.4, 0.5) is 11.4 Å². The molecule has 0 amide bonds. The summed E-state index contributed by atoms with van der Waals surface area (Å²) >= 11 is 0. The molecule has 7 heteroatoms. The summed E-state index contributed by atoms with van der Waals surface area (Å²) in [4.78, 5) is 12.8. The summed E-state index contributed by atoms with van der Waals surface area (Å²) in [6, 6.07) is 4.96. The number of hydrogen-bond donors (Lipinski definition) is 3. The molecular formula is C13H20N4O3. The summed E-state index contributed by atoms with van der Waals surface area (Å²) in [6.45, 7) is 2.63. The number of anilines is 1. The zero-order valence-corrected chi connectivity index (χ0v) is 11.3. The van der Waals surface area contributed by atoms with E-state index < -0.39 is 4.92 Å². The number of nitro groups is 1. The van der Waals surface area contributed by atoms with Gasteiger partial charge in [-0.05, 0) is 37.4 Å². The number of likely N-dealkylation sites (tertiary alicyclic amines) is 1. The average Bonchev–Trinajstić information content (AvgIpc) is 2.47. The maximum atomic E-state index is 11.0. The van der Waals surface area contributed by atoms with Crippen LogP contribution in [0.5, 0.6) is 0 Å². The molecule has 4 N–H and O–H groups in total. The molecule has 1 aliphatic heterocycles. The van der Waals surface area contributed by atoms with Gasteiger partial charge in [0, 0.05) is 19.2 Å². The van der Waals surface area contributed by atoms with E-state index in [4.69, 9.17) is 10.9 Å². The number of nitrogen functional groups attached to an aromatic ring is 1. The Balaban J connectivity index is 2.10. The van der Waals surface area contributed by atoms with Crippen molar-refractivity contribution in [3.05, 3.63) is 33.9 Å². The van der Waals surface area contributed by atoms with E-state index in [1.54, 1.807) is 6.07 Å². The quantitative estimate of drug-likeness (QED) is 0.423. The maximum Gasteiger partial charge on any atom is 0.293 e. The largest absolute Gasteiger partial charge is 0.396 e. The number of para-hydroxylation sites is 1. The first-order chi connectivity index (χ1) is 9.65. The molecule has 0 atom stereocenters. The van der Waals surface area contributed by atoms with Crippen LogP contribution in [0, 0.1) is 16.0 Å². The van der Waals surface area contributed by atoms with Gasteiger partial charge < -0.3 is 10.5 Å². The van der Waals surface area contributed by atoms with Gasteiger partial charge in [-0.25, -0.2) is 0 Å². The molecule has 20 heavy (non-hydrogen) atoms. The zero-order valence-electron chi connectivity index (χ0n) is 11.3. The third kappa shape index (κ3) is 3.24. The van der Waals surface area contributed by atoms with Gasteiger partial charge in [-0.15, -0.1) is 0 Å². The molecule has 0 aromatic heterocycles. The van der Waals surface area contributed by atoms with E-state index in [2.05, 4.69) is 10.3 Å². The number of nitrogens with two attached hydrogens (primary N) is 1. The Morgan fingerprint density at radius 2 is 2.15 bits per heavy atom. The van der Waals surface area contributed by atoms with Crippen molar-refractivity contribution in [2.24, 2.45) is 11.8 Å². The number of rotatable bonds is 5. The van der Waals surface area contributed by atoms with Gasteiger partial charge in [0.25, 0.3) is 5.69 Å². The van der Waals surface area contributed by atoms with E-state index in [1.807, 2.05) is 6.07 Å². The standard InChI is InChI=1S/C13H20N4O3/c14-15-13-11(2-1-3-12(13)17(19)20)8-16-6-4-10(9-18)5-7-16/h1-3,10,15,18H,4-9,14H2. The van der Waals surface area contributed by atoms with Gasteiger partial charge >= 0.3 is 0 Å². The first kappa shape index (κ1) is 14.7. The van der Waals surface area contributed by atoms with E-state index in [1.165, 1.54) is 6.07 Å². The number of nitrogens with one attached hydrogen (secondary N) is 1. The second-order valence-corrected chi connectivity index (χ2v) is 5.11. The first-order valence-electron chi connectivity index (χ1n) is 6.71. The van der Waals surface area contributed by atoms with Gasteiger partial charge in [-0.1, -0.05) is 12.1 Å². The Bertz CT molecular complexity index is 473. The molecule has 110 valence electrons. The first-order valence-corrected chi connectivity index (χ1v) is 6.71. The van der Waals surface area contributed by atoms with Crippen LogP contribution < -0.4 is 11.3 Å². The van der Waals surface area contributed by atoms with Crippen molar-refractivity contribution in [2.45, 2.75) is 19.4 Å². The third-order valence-corrected chi connectivity index (χ3v) is 3.83. The maximum absolute atomic E-state index is 11.0. The molecule has 0 spiro atoms. The highest BCUT2D eigenvalue weighted by Gasteiger charge is 2.22. The minimum absolute atomic E-state index is 0.00440. The molecule has 1 fully saturated rings. The molecule has 0 bridgehead atoms. The predicted molar refractivity (Wildman–Crippen MR) is 76.0 cm³/mol. The van der Waals surface area contributed by atoms with Crippen LogP contribution in [0.15, 0.2) is 18.2 Å². The average molecular weight is 280 g/mol. The van der Waals surface area contributed by atoms with E-state index in [0.29, 0.717) is 18.2 Å². The highest BCUT2D eigenvalue weighted by Crippen LogP contribution is 2.29. The normalized spacial score (nSPS) is 17.1. The third-order valence-electron chi connectivity index (χ3n) is 3.83. The topological polar surface area (TPSA) is 105 Å². The van der Waals surface area contributed by atoms with Crippen molar-refractivity contribution < 1.29 is 10.0 Å². The van der Waals surface area contributed by atoms with Crippen molar-refractivity contribution in [1.82, 2.24) is 4.90 Å². The molecule has 0 aliphatic carbocycles. The van der Waals surface area contributed by atoms with Gasteiger partial charge in [0.2, 0.25) is 0 Å². The fourth-order valence-electron chi connectivity index (χ4n) is 2.61. The molecule has 1 aliphatic rings. The summed E-state index contributed by atoms with van der Waals surface area (Å²) in [6.07, 6.45) is 1.91. The number of hydrogen-bond acceptors (Lipinski definition) is 6. The van der Waals surface area contributed by atoms with Crippen molar-refractivity contribution >= 4 is 11.4 Å². The second-order valence-electron chi connectivity index (χ2n) is 5.11. The number of nitro benzene ring substituents is 1. The van der Waals surface area contributed by atoms with Crippen LogP contribution in [0.2, 0.25) is 0 Å². The summed E-state index contributed by atoms with van der Waals surface area (Å²) in [5.41, 5.74) is 3.64. The van der Waals surface area contributed by atoms with Crippen LogP contribution in [-0.4, -0.2) is 34.6 Å². The van der Waals surface area contributed by atoms with Gasteiger partial charge in [0.1, 0.15) is 5.69 Å². The van der Waals surface area contributed by atoms with Crippen LogP contribution in [0.25, 0.3) is 0 Å². The Morgan fingerprint density at radius 3 is 2.70 bits per heavy atom. The number of piperidine rings is 1. The van der Waals surface area contributed by atoms with Gasteiger partial charge in [0.05, 0.1) is 4.92 Å². The minimum atomic E-state index is -0.434. The Hall–Kier alpha value is -1.70. The molecule has 0 unspecified atom stereocenters. The van der Waals surface area contributed by atoms with Crippen molar-refractivity contribution in [3.8, 4) is 0 Å². The lowest BCUT2D eigenvalue weighted by Gasteiger charge is -2.31. The molecule has 1 saturated heterocycles. The molecule has 1 aromatic rings. The zero-order chi connectivity index (χ0) is 14.5. The van der Waals surface area contributed by atoms with Crippen LogP contribution in [0.1, 0.15) is 18.4 Å². The number of aliphatic hydroxyl groups is 1. The Kier molecular flexibility index (Phi) is 4.89. The molecule has 1 heterocycles. The van der Waals surface area contributed by atoms with E-state index >= 15 is 0 Å². The van der Waals surface area contributed by atoms with E-state index in [9.17, 15) is 10.1 Å². The Labute approximate surface area is 117 Å². The van der Waals surface area contributed by atoms with Gasteiger partial charge in [0.15, 0.2) is 0 Å². The highest BCUT2D eigenvalue weighted by atomic mass is 16.6. The summed E-state index contributed by atoms with van der Waals surface area (Å²) < 4.78 is 0. The van der Waals surface area contributed by atoms with Gasteiger partial charge in [-0.2, -0.15) is 0 Å². The van der Waals surface area contributed by atoms with Crippen LogP contribution >= 0.6 is 0 Å². The smallest absolute Gasteiger partial charge is 0.293 e. The van der Waals surface area contributed by atoms with Crippen molar-refractivity contribution in [3.63, 3.8) is 0 Å². The molecule has 0 saturated carbocycles. The Morgan fingerprint density at radius 1 is 1.45 bits per heavy atom. The number of benzene rings is 1. The van der Waals surface area contributed by atoms with Crippen molar-refractivity contribution in [2.75, 3.05) is 25.1 Å². The second kappa shape index (κ2) is 6.65. The minimum Gasteiger partial charge on any atom is -0.396 e. The summed E-state index contributed by atoms with van der Waals surface area (Å²) in [5, 5.41) is 20.1. The fourth-order valence-corrected chi connectivity index (χ4v) is 2.61. The fraction of sp³-hybridized carbons (Fsp3) is 0.538. The van der Waals surface area contributed by atoms with Crippen LogP contribution in [-0.2, 0) is 6.54 Å². The lowest BCUT2D eigenvalue weighted by molar-refractivity contribution is -0.384.